The smallest absolute Gasteiger partial charge is 0.362 e. The zero-order chi connectivity index (χ0) is 17.6. The van der Waals surface area contributed by atoms with Crippen molar-refractivity contribution in [1.29, 1.82) is 0 Å². The molecule has 4 heterocycles. The molecule has 0 aliphatic rings. The highest BCUT2D eigenvalue weighted by atomic mass is 32.2. The van der Waals surface area contributed by atoms with Gasteiger partial charge in [0.25, 0.3) is 0 Å². The van der Waals surface area contributed by atoms with Crippen LogP contribution in [0.25, 0.3) is 17.0 Å². The van der Waals surface area contributed by atoms with Gasteiger partial charge in [-0.1, -0.05) is 6.07 Å². The summed E-state index contributed by atoms with van der Waals surface area (Å²) in [6.45, 7) is 1.84. The first-order chi connectivity index (χ1) is 12.1. The fourth-order valence-electron chi connectivity index (χ4n) is 2.54. The molecule has 0 aliphatic heterocycles. The molecule has 4 aromatic rings. The Kier molecular flexibility index (Phi) is 3.53. The summed E-state index contributed by atoms with van der Waals surface area (Å²) < 4.78 is 8.50. The van der Waals surface area contributed by atoms with Crippen LogP contribution in [0.4, 0.5) is 5.82 Å². The molecule has 0 amide bonds. The van der Waals surface area contributed by atoms with Crippen molar-refractivity contribution in [3.05, 3.63) is 52.6 Å². The largest absolute Gasteiger partial charge is 0.469 e. The average Bonchev–Trinajstić information content (AvgIpc) is 3.25. The average molecular weight is 356 g/mol. The van der Waals surface area contributed by atoms with E-state index in [-0.39, 0.29) is 10.8 Å². The maximum atomic E-state index is 11.5. The van der Waals surface area contributed by atoms with Crippen LogP contribution in [0.5, 0.6) is 0 Å². The van der Waals surface area contributed by atoms with E-state index in [0.29, 0.717) is 16.6 Å². The Morgan fingerprint density at radius 3 is 2.84 bits per heavy atom. The molecular formula is C15H12N6O3S. The fraction of sp³-hybridized carbons (Fsp3) is 0.133. The third-order valence-electron chi connectivity index (χ3n) is 3.77. The van der Waals surface area contributed by atoms with Gasteiger partial charge in [-0.05, 0) is 35.7 Å². The zero-order valence-electron chi connectivity index (χ0n) is 13.3. The highest BCUT2D eigenvalue weighted by molar-refractivity contribution is 7.99. The number of rotatable bonds is 4. The number of hydrogen-bond acceptors (Lipinski definition) is 7. The number of nitro groups is 1. The van der Waals surface area contributed by atoms with Crippen molar-refractivity contribution in [2.24, 2.45) is 7.05 Å². The summed E-state index contributed by atoms with van der Waals surface area (Å²) in [6, 6.07) is 7.02. The summed E-state index contributed by atoms with van der Waals surface area (Å²) in [6.07, 6.45) is 3.20. The van der Waals surface area contributed by atoms with Crippen molar-refractivity contribution in [1.82, 2.24) is 24.1 Å². The number of furan rings is 1. The lowest BCUT2D eigenvalue weighted by molar-refractivity contribution is -0.393. The lowest BCUT2D eigenvalue weighted by Crippen LogP contribution is -1.97. The third kappa shape index (κ3) is 2.47. The van der Waals surface area contributed by atoms with Crippen LogP contribution in [0.2, 0.25) is 0 Å². The Morgan fingerprint density at radius 2 is 2.12 bits per heavy atom. The van der Waals surface area contributed by atoms with Gasteiger partial charge < -0.3 is 19.1 Å². The molecule has 0 saturated carbocycles. The van der Waals surface area contributed by atoms with E-state index in [0.717, 1.165) is 23.1 Å². The first-order valence-corrected chi connectivity index (χ1v) is 8.11. The zero-order valence-corrected chi connectivity index (χ0v) is 14.1. The Balaban J connectivity index is 1.78. The lowest BCUT2D eigenvalue weighted by Gasteiger charge is -2.01. The molecule has 10 heteroatoms. The Bertz CT molecular complexity index is 1100. The molecule has 0 N–H and O–H groups in total. The van der Waals surface area contributed by atoms with Crippen molar-refractivity contribution in [3.8, 4) is 11.4 Å². The lowest BCUT2D eigenvalue weighted by atomic mass is 10.2. The second-order valence-corrected chi connectivity index (χ2v) is 6.24. The quantitative estimate of drug-likeness (QED) is 0.409. The molecule has 126 valence electrons. The Hall–Kier alpha value is -3.14. The van der Waals surface area contributed by atoms with Crippen LogP contribution in [-0.4, -0.2) is 29.1 Å². The van der Waals surface area contributed by atoms with Gasteiger partial charge in [0.1, 0.15) is 5.76 Å². The van der Waals surface area contributed by atoms with E-state index in [9.17, 15) is 10.1 Å². The molecule has 0 radical (unpaired) electrons. The van der Waals surface area contributed by atoms with E-state index in [4.69, 9.17) is 4.42 Å². The van der Waals surface area contributed by atoms with Gasteiger partial charge in [-0.15, -0.1) is 10.2 Å². The molecule has 0 saturated heterocycles. The van der Waals surface area contributed by atoms with E-state index in [1.54, 1.807) is 48.3 Å². The van der Waals surface area contributed by atoms with Gasteiger partial charge in [-0.25, -0.2) is 0 Å². The monoisotopic (exact) mass is 356 g/mol. The molecule has 0 aromatic carbocycles. The van der Waals surface area contributed by atoms with E-state index >= 15 is 0 Å². The summed E-state index contributed by atoms with van der Waals surface area (Å²) >= 11 is 1.10. The van der Waals surface area contributed by atoms with E-state index in [1.807, 2.05) is 6.92 Å². The predicted molar refractivity (Wildman–Crippen MR) is 89.4 cm³/mol. The van der Waals surface area contributed by atoms with Gasteiger partial charge in [-0.2, -0.15) is 9.38 Å². The molecule has 0 unspecified atom stereocenters. The second kappa shape index (κ2) is 5.74. The van der Waals surface area contributed by atoms with Gasteiger partial charge >= 0.3 is 5.82 Å². The number of aryl methyl sites for hydroxylation is 1. The number of fused-ring (bicyclic) bond motifs is 1. The van der Waals surface area contributed by atoms with Gasteiger partial charge in [-0.3, -0.25) is 0 Å². The maximum Gasteiger partial charge on any atom is 0.362 e. The standard InChI is InChI=1S/C15H12N6O3S/c1-9-10(6-8-24-9)12-17-18-15(19(12)2)25-13-14(21(22)23)20-7-4-3-5-11(20)16-13/h3-8H,1-2H3. The summed E-state index contributed by atoms with van der Waals surface area (Å²) in [5.41, 5.74) is 1.33. The van der Waals surface area contributed by atoms with Crippen molar-refractivity contribution in [2.45, 2.75) is 17.1 Å². The van der Waals surface area contributed by atoms with Gasteiger partial charge in [0.2, 0.25) is 10.7 Å². The molecule has 0 bridgehead atoms. The van der Waals surface area contributed by atoms with E-state index in [1.165, 1.54) is 4.40 Å². The molecular weight excluding hydrogens is 344 g/mol. The SMILES string of the molecule is Cc1occc1-c1nnc(Sc2nc3ccccn3c2[N+](=O)[O-])n1C. The van der Waals surface area contributed by atoms with Crippen LogP contribution in [0.15, 0.2) is 51.3 Å². The summed E-state index contributed by atoms with van der Waals surface area (Å²) in [5.74, 6) is 1.26. The van der Waals surface area contributed by atoms with Crippen molar-refractivity contribution in [3.63, 3.8) is 0 Å². The second-order valence-electron chi connectivity index (χ2n) is 5.28. The maximum absolute atomic E-state index is 11.5. The highest BCUT2D eigenvalue weighted by Gasteiger charge is 2.25. The summed E-state index contributed by atoms with van der Waals surface area (Å²) in [5, 5.41) is 20.6. The minimum Gasteiger partial charge on any atom is -0.469 e. The Morgan fingerprint density at radius 1 is 1.28 bits per heavy atom. The minimum atomic E-state index is -0.445. The van der Waals surface area contributed by atoms with E-state index < -0.39 is 4.92 Å². The van der Waals surface area contributed by atoms with Gasteiger partial charge in [0, 0.05) is 13.1 Å². The molecule has 4 rings (SSSR count). The first-order valence-electron chi connectivity index (χ1n) is 7.29. The minimum absolute atomic E-state index is 0.0929. The number of hydrogen-bond donors (Lipinski definition) is 0. The number of nitrogens with zero attached hydrogens (tertiary/aromatic N) is 6. The molecule has 4 aromatic heterocycles. The molecule has 0 spiro atoms. The van der Waals surface area contributed by atoms with Gasteiger partial charge in [0.05, 0.1) is 18.0 Å². The van der Waals surface area contributed by atoms with Gasteiger partial charge in [0.15, 0.2) is 11.0 Å². The first kappa shape index (κ1) is 15.4. The van der Waals surface area contributed by atoms with Crippen LogP contribution >= 0.6 is 11.8 Å². The van der Waals surface area contributed by atoms with Crippen LogP contribution in [-0.2, 0) is 7.05 Å². The molecule has 0 fully saturated rings. The summed E-state index contributed by atoms with van der Waals surface area (Å²) in [7, 11) is 1.80. The predicted octanol–water partition coefficient (Wildman–Crippen LogP) is 3.09. The summed E-state index contributed by atoms with van der Waals surface area (Å²) in [4.78, 5) is 15.4. The van der Waals surface area contributed by atoms with Crippen LogP contribution in [0, 0.1) is 17.0 Å². The normalized spacial score (nSPS) is 11.3. The van der Waals surface area contributed by atoms with Crippen LogP contribution in [0.3, 0.4) is 0 Å². The van der Waals surface area contributed by atoms with Crippen molar-refractivity contribution >= 4 is 23.2 Å². The molecule has 0 atom stereocenters. The highest BCUT2D eigenvalue weighted by Crippen LogP contribution is 2.35. The topological polar surface area (TPSA) is 104 Å². The fourth-order valence-corrected chi connectivity index (χ4v) is 3.42. The van der Waals surface area contributed by atoms with Crippen LogP contribution < -0.4 is 0 Å². The van der Waals surface area contributed by atoms with Crippen molar-refractivity contribution < 1.29 is 9.34 Å². The third-order valence-corrected chi connectivity index (χ3v) is 4.77. The molecule has 25 heavy (non-hydrogen) atoms. The van der Waals surface area contributed by atoms with E-state index in [2.05, 4.69) is 15.2 Å². The Labute approximate surface area is 145 Å². The van der Waals surface area contributed by atoms with Crippen molar-refractivity contribution in [2.75, 3.05) is 0 Å². The molecule has 0 aliphatic carbocycles. The molecule has 9 nitrogen and oxygen atoms in total. The van der Waals surface area contributed by atoms with Crippen LogP contribution in [0.1, 0.15) is 5.76 Å². The number of pyridine rings is 1. The number of imidazole rings is 1. The number of aromatic nitrogens is 5.